The third-order valence-electron chi connectivity index (χ3n) is 0.425. The Morgan fingerprint density at radius 3 is 1.40 bits per heavy atom. The van der Waals surface area contributed by atoms with Crippen LogP contribution in [-0.4, -0.2) is 16.0 Å². The van der Waals surface area contributed by atoms with Gasteiger partial charge in [-0.2, -0.15) is 11.3 Å². The largest absolute Gasteiger partial charge is 0.762 e. The molecular formula is C4H4B2F3S. The molecule has 0 fully saturated rings. The summed E-state index contributed by atoms with van der Waals surface area (Å²) in [5.74, 6) is 0. The van der Waals surface area contributed by atoms with E-state index in [1.165, 1.54) is 0 Å². The minimum absolute atomic E-state index is 0. The molecule has 1 heterocycles. The van der Waals surface area contributed by atoms with Crippen LogP contribution in [0.1, 0.15) is 0 Å². The van der Waals surface area contributed by atoms with Crippen molar-refractivity contribution >= 4 is 27.3 Å². The first-order valence-electron chi connectivity index (χ1n) is 2.13. The highest BCUT2D eigenvalue weighted by Crippen LogP contribution is 1.91. The third kappa shape index (κ3) is 15.6. The Morgan fingerprint density at radius 1 is 1.00 bits per heavy atom. The minimum atomic E-state index is -3.67. The Hall–Kier alpha value is -0.380. The van der Waals surface area contributed by atoms with Crippen molar-refractivity contribution in [3.63, 3.8) is 0 Å². The van der Waals surface area contributed by atoms with Crippen LogP contribution in [0.15, 0.2) is 22.9 Å². The highest BCUT2D eigenvalue weighted by Gasteiger charge is 2.06. The van der Waals surface area contributed by atoms with Gasteiger partial charge in [0.15, 0.2) is 0 Å². The van der Waals surface area contributed by atoms with Crippen LogP contribution < -0.4 is 0 Å². The van der Waals surface area contributed by atoms with Gasteiger partial charge in [0.25, 0.3) is 0 Å². The summed E-state index contributed by atoms with van der Waals surface area (Å²) in [4.78, 5) is 0. The van der Waals surface area contributed by atoms with Crippen LogP contribution in [0.25, 0.3) is 0 Å². The van der Waals surface area contributed by atoms with E-state index in [2.05, 4.69) is 0 Å². The summed E-state index contributed by atoms with van der Waals surface area (Å²) in [6, 6.07) is 4.04. The molecule has 6 heteroatoms. The summed E-state index contributed by atoms with van der Waals surface area (Å²) in [7, 11) is -3.67. The molecule has 0 amide bonds. The average molecular weight is 163 g/mol. The van der Waals surface area contributed by atoms with Crippen molar-refractivity contribution in [3.8, 4) is 0 Å². The van der Waals surface area contributed by atoms with Crippen LogP contribution in [0.3, 0.4) is 0 Å². The monoisotopic (exact) mass is 163 g/mol. The van der Waals surface area contributed by atoms with E-state index in [1.54, 1.807) is 11.3 Å². The number of hydrogen-bond donors (Lipinski definition) is 0. The zero-order valence-corrected chi connectivity index (χ0v) is 5.82. The molecule has 10 heavy (non-hydrogen) atoms. The maximum absolute atomic E-state index is 9.67. The van der Waals surface area contributed by atoms with Gasteiger partial charge in [-0.25, -0.2) is 0 Å². The second-order valence-corrected chi connectivity index (χ2v) is 1.86. The molecule has 1 aromatic rings. The molecule has 0 aliphatic rings. The smallest absolute Gasteiger partial charge is 0.254 e. The quantitative estimate of drug-likeness (QED) is 0.514. The van der Waals surface area contributed by atoms with E-state index in [0.29, 0.717) is 0 Å². The molecule has 53 valence electrons. The van der Waals surface area contributed by atoms with Gasteiger partial charge in [-0.15, -0.1) is 0 Å². The zero-order valence-electron chi connectivity index (χ0n) is 5.01. The third-order valence-corrected chi connectivity index (χ3v) is 1.05. The van der Waals surface area contributed by atoms with Crippen LogP contribution in [-0.2, 0) is 0 Å². The van der Waals surface area contributed by atoms with Crippen molar-refractivity contribution in [2.75, 3.05) is 0 Å². The molecule has 0 bridgehead atoms. The lowest BCUT2D eigenvalue weighted by Crippen LogP contribution is -1.76. The molecule has 0 spiro atoms. The summed E-state index contributed by atoms with van der Waals surface area (Å²) < 4.78 is 29.0. The van der Waals surface area contributed by atoms with Crippen molar-refractivity contribution in [2.45, 2.75) is 0 Å². The van der Waals surface area contributed by atoms with E-state index >= 15 is 0 Å². The van der Waals surface area contributed by atoms with E-state index in [-0.39, 0.29) is 8.41 Å². The SMILES string of the molecule is FB(F)F.[B].c1ccsc1. The van der Waals surface area contributed by atoms with Gasteiger partial charge >= 0.3 is 7.54 Å². The first-order valence-corrected chi connectivity index (χ1v) is 3.07. The maximum atomic E-state index is 9.67. The van der Waals surface area contributed by atoms with Crippen molar-refractivity contribution < 1.29 is 12.9 Å². The zero-order chi connectivity index (χ0) is 7.11. The summed E-state index contributed by atoms with van der Waals surface area (Å²) in [6.07, 6.45) is 0. The fourth-order valence-electron chi connectivity index (χ4n) is 0.227. The number of hydrogen-bond acceptors (Lipinski definition) is 1. The Morgan fingerprint density at radius 2 is 1.30 bits per heavy atom. The van der Waals surface area contributed by atoms with E-state index in [4.69, 9.17) is 0 Å². The average Bonchev–Trinajstić information content (AvgIpc) is 2.11. The van der Waals surface area contributed by atoms with Crippen LogP contribution in [0, 0.1) is 0 Å². The highest BCUT2D eigenvalue weighted by atomic mass is 32.1. The van der Waals surface area contributed by atoms with E-state index in [0.717, 1.165) is 0 Å². The Kier molecular flexibility index (Phi) is 10.6. The fourth-order valence-corrected chi connectivity index (χ4v) is 0.680. The van der Waals surface area contributed by atoms with Gasteiger partial charge in [-0.05, 0) is 10.8 Å². The molecule has 0 aliphatic heterocycles. The van der Waals surface area contributed by atoms with Crippen LogP contribution in [0.2, 0.25) is 0 Å². The van der Waals surface area contributed by atoms with Gasteiger partial charge < -0.3 is 0 Å². The molecule has 1 rings (SSSR count). The lowest BCUT2D eigenvalue weighted by atomic mass is 10.5. The first-order chi connectivity index (χ1) is 4.23. The van der Waals surface area contributed by atoms with Gasteiger partial charge in [0.1, 0.15) is 0 Å². The predicted octanol–water partition coefficient (Wildman–Crippen LogP) is 2.25. The summed E-state index contributed by atoms with van der Waals surface area (Å²) in [5.41, 5.74) is 0. The Labute approximate surface area is 63.9 Å². The van der Waals surface area contributed by atoms with Gasteiger partial charge in [0.05, 0.1) is 0 Å². The molecule has 0 saturated carbocycles. The number of rotatable bonds is 0. The molecule has 0 atom stereocenters. The number of thiophene rings is 1. The van der Waals surface area contributed by atoms with Crippen LogP contribution >= 0.6 is 11.3 Å². The number of halogens is 3. The Bertz CT molecular complexity index is 102. The van der Waals surface area contributed by atoms with Crippen molar-refractivity contribution in [1.29, 1.82) is 0 Å². The maximum Gasteiger partial charge on any atom is 0.762 e. The van der Waals surface area contributed by atoms with E-state index in [1.807, 2.05) is 22.9 Å². The molecule has 0 unspecified atom stereocenters. The van der Waals surface area contributed by atoms with Gasteiger partial charge in [-0.1, -0.05) is 12.1 Å². The molecule has 0 saturated heterocycles. The minimum Gasteiger partial charge on any atom is -0.254 e. The first kappa shape index (κ1) is 12.3. The second-order valence-electron chi connectivity index (χ2n) is 1.04. The summed E-state index contributed by atoms with van der Waals surface area (Å²) >= 11 is 1.71. The lowest BCUT2D eigenvalue weighted by Gasteiger charge is -1.55. The molecule has 0 nitrogen and oxygen atoms in total. The summed E-state index contributed by atoms with van der Waals surface area (Å²) in [5, 5.41) is 4.08. The summed E-state index contributed by atoms with van der Waals surface area (Å²) in [6.45, 7) is 0. The van der Waals surface area contributed by atoms with Gasteiger partial charge in [0, 0.05) is 8.41 Å². The second kappa shape index (κ2) is 8.62. The molecule has 0 aliphatic carbocycles. The molecule has 0 N–H and O–H groups in total. The van der Waals surface area contributed by atoms with Gasteiger partial charge in [0.2, 0.25) is 0 Å². The standard InChI is InChI=1S/C4H4S.BF3.B/c1-2-4-5-3-1;2-1(3)4;/h1-4H;;. The van der Waals surface area contributed by atoms with E-state index in [9.17, 15) is 12.9 Å². The lowest BCUT2D eigenvalue weighted by molar-refractivity contribution is 0.535. The molecular weight excluding hydrogens is 159 g/mol. The van der Waals surface area contributed by atoms with Crippen molar-refractivity contribution in [2.24, 2.45) is 0 Å². The fraction of sp³-hybridized carbons (Fsp3) is 0. The van der Waals surface area contributed by atoms with Crippen LogP contribution in [0.4, 0.5) is 12.9 Å². The highest BCUT2D eigenvalue weighted by molar-refractivity contribution is 7.07. The molecule has 0 aromatic carbocycles. The normalized spacial score (nSPS) is 6.70. The Balaban J connectivity index is 0. The van der Waals surface area contributed by atoms with Crippen molar-refractivity contribution in [3.05, 3.63) is 22.9 Å². The van der Waals surface area contributed by atoms with Gasteiger partial charge in [-0.3, -0.25) is 12.9 Å². The van der Waals surface area contributed by atoms with E-state index < -0.39 is 7.54 Å². The molecule has 1 aromatic heterocycles. The molecule has 3 radical (unpaired) electrons. The van der Waals surface area contributed by atoms with Crippen molar-refractivity contribution in [1.82, 2.24) is 0 Å². The predicted molar refractivity (Wildman–Crippen MR) is 39.2 cm³/mol. The topological polar surface area (TPSA) is 0 Å². The van der Waals surface area contributed by atoms with Crippen LogP contribution in [0.5, 0.6) is 0 Å².